The van der Waals surface area contributed by atoms with Crippen molar-refractivity contribution in [3.63, 3.8) is 0 Å². The Morgan fingerprint density at radius 3 is 2.62 bits per heavy atom. The molecule has 2 heteroatoms. The van der Waals surface area contributed by atoms with E-state index in [0.717, 1.165) is 36.3 Å². The predicted octanol–water partition coefficient (Wildman–Crippen LogP) is 2.80. The fourth-order valence-corrected chi connectivity index (χ4v) is 1.69. The minimum atomic E-state index is -0.362. The van der Waals surface area contributed by atoms with E-state index in [1.54, 1.807) is 0 Å². The molecule has 0 unspecified atom stereocenters. The van der Waals surface area contributed by atoms with Gasteiger partial charge in [0.2, 0.25) is 0 Å². The van der Waals surface area contributed by atoms with Crippen molar-refractivity contribution in [3.8, 4) is 0 Å². The largest absolute Gasteiger partial charge is 0.390 e. The predicted molar refractivity (Wildman–Crippen MR) is 54.0 cm³/mol. The standard InChI is InChI=1S/C11H13ClO/c12-10-4-2-1-3-9(10)5-6-11(13)7-8-11/h1-4,13H,5-8H2. The number of aryl methyl sites for hydroxylation is 1. The Kier molecular flexibility index (Phi) is 2.31. The first-order valence-corrected chi connectivity index (χ1v) is 5.03. The van der Waals surface area contributed by atoms with E-state index in [2.05, 4.69) is 0 Å². The Bertz CT molecular complexity index is 305. The van der Waals surface area contributed by atoms with E-state index in [4.69, 9.17) is 11.6 Å². The van der Waals surface area contributed by atoms with Gasteiger partial charge in [-0.05, 0) is 37.3 Å². The molecule has 1 aromatic carbocycles. The molecule has 1 saturated carbocycles. The second kappa shape index (κ2) is 3.32. The van der Waals surface area contributed by atoms with Crippen LogP contribution in [-0.2, 0) is 6.42 Å². The van der Waals surface area contributed by atoms with Crippen molar-refractivity contribution in [1.29, 1.82) is 0 Å². The third-order valence-electron chi connectivity index (χ3n) is 2.64. The molecule has 1 aromatic rings. The van der Waals surface area contributed by atoms with Crippen molar-refractivity contribution >= 4 is 11.6 Å². The van der Waals surface area contributed by atoms with Gasteiger partial charge in [0.25, 0.3) is 0 Å². The number of aliphatic hydroxyl groups is 1. The molecule has 13 heavy (non-hydrogen) atoms. The van der Waals surface area contributed by atoms with Crippen molar-refractivity contribution in [2.24, 2.45) is 0 Å². The lowest BCUT2D eigenvalue weighted by atomic mass is 10.1. The van der Waals surface area contributed by atoms with Crippen LogP contribution in [0.1, 0.15) is 24.8 Å². The van der Waals surface area contributed by atoms with E-state index in [1.165, 1.54) is 0 Å². The highest BCUT2D eigenvalue weighted by Crippen LogP contribution is 2.39. The van der Waals surface area contributed by atoms with Gasteiger partial charge in [0, 0.05) is 5.02 Å². The maximum Gasteiger partial charge on any atom is 0.0653 e. The molecule has 0 spiro atoms. The number of rotatable bonds is 3. The molecule has 0 bridgehead atoms. The van der Waals surface area contributed by atoms with E-state index < -0.39 is 0 Å². The van der Waals surface area contributed by atoms with Crippen molar-refractivity contribution in [1.82, 2.24) is 0 Å². The second-order valence-electron chi connectivity index (χ2n) is 3.82. The highest BCUT2D eigenvalue weighted by atomic mass is 35.5. The molecular weight excluding hydrogens is 184 g/mol. The Morgan fingerprint density at radius 2 is 2.00 bits per heavy atom. The van der Waals surface area contributed by atoms with Gasteiger partial charge < -0.3 is 5.11 Å². The zero-order valence-electron chi connectivity index (χ0n) is 7.46. The summed E-state index contributed by atoms with van der Waals surface area (Å²) in [5.74, 6) is 0. The fourth-order valence-electron chi connectivity index (χ4n) is 1.46. The Balaban J connectivity index is 1.97. The van der Waals surface area contributed by atoms with Gasteiger partial charge in [-0.3, -0.25) is 0 Å². The maximum atomic E-state index is 9.64. The van der Waals surface area contributed by atoms with E-state index in [0.29, 0.717) is 0 Å². The van der Waals surface area contributed by atoms with Crippen LogP contribution in [0.15, 0.2) is 24.3 Å². The van der Waals surface area contributed by atoms with Gasteiger partial charge in [0.15, 0.2) is 0 Å². The van der Waals surface area contributed by atoms with Crippen molar-refractivity contribution in [2.45, 2.75) is 31.3 Å². The Hall–Kier alpha value is -0.530. The van der Waals surface area contributed by atoms with Gasteiger partial charge in [-0.1, -0.05) is 29.8 Å². The molecule has 0 aromatic heterocycles. The first-order chi connectivity index (χ1) is 6.20. The lowest BCUT2D eigenvalue weighted by Crippen LogP contribution is -2.07. The summed E-state index contributed by atoms with van der Waals surface area (Å²) in [6.45, 7) is 0. The smallest absolute Gasteiger partial charge is 0.0653 e. The van der Waals surface area contributed by atoms with Crippen molar-refractivity contribution < 1.29 is 5.11 Å². The van der Waals surface area contributed by atoms with E-state index in [-0.39, 0.29) is 5.60 Å². The van der Waals surface area contributed by atoms with Crippen LogP contribution in [0.5, 0.6) is 0 Å². The third-order valence-corrected chi connectivity index (χ3v) is 3.01. The summed E-state index contributed by atoms with van der Waals surface area (Å²) in [6, 6.07) is 7.83. The van der Waals surface area contributed by atoms with E-state index in [9.17, 15) is 5.11 Å². The number of hydrogen-bond donors (Lipinski definition) is 1. The first kappa shape index (κ1) is 9.04. The normalized spacial score (nSPS) is 18.6. The Labute approximate surface area is 83.3 Å². The molecule has 0 amide bonds. The first-order valence-electron chi connectivity index (χ1n) is 4.65. The summed E-state index contributed by atoms with van der Waals surface area (Å²) in [4.78, 5) is 0. The molecule has 1 N–H and O–H groups in total. The average molecular weight is 197 g/mol. The van der Waals surface area contributed by atoms with Gasteiger partial charge in [-0.2, -0.15) is 0 Å². The van der Waals surface area contributed by atoms with E-state index in [1.807, 2.05) is 24.3 Å². The minimum Gasteiger partial charge on any atom is -0.390 e. The van der Waals surface area contributed by atoms with Gasteiger partial charge in [0.1, 0.15) is 0 Å². The van der Waals surface area contributed by atoms with Crippen LogP contribution in [-0.4, -0.2) is 10.7 Å². The average Bonchev–Trinajstić information content (AvgIpc) is 2.83. The van der Waals surface area contributed by atoms with Crippen LogP contribution in [0.25, 0.3) is 0 Å². The van der Waals surface area contributed by atoms with Crippen LogP contribution in [0.2, 0.25) is 5.02 Å². The second-order valence-corrected chi connectivity index (χ2v) is 4.22. The molecule has 0 aliphatic heterocycles. The summed E-state index contributed by atoms with van der Waals surface area (Å²) < 4.78 is 0. The third kappa shape index (κ3) is 2.23. The van der Waals surface area contributed by atoms with Crippen LogP contribution in [0.3, 0.4) is 0 Å². The van der Waals surface area contributed by atoms with Crippen molar-refractivity contribution in [3.05, 3.63) is 34.9 Å². The molecule has 0 radical (unpaired) electrons. The molecule has 70 valence electrons. The van der Waals surface area contributed by atoms with Crippen LogP contribution >= 0.6 is 11.6 Å². The highest BCUT2D eigenvalue weighted by molar-refractivity contribution is 6.31. The van der Waals surface area contributed by atoms with Crippen LogP contribution in [0.4, 0.5) is 0 Å². The summed E-state index contributed by atoms with van der Waals surface area (Å²) >= 11 is 5.99. The molecule has 2 rings (SSSR count). The molecule has 1 aliphatic carbocycles. The molecule has 0 heterocycles. The Morgan fingerprint density at radius 1 is 1.31 bits per heavy atom. The number of halogens is 1. The van der Waals surface area contributed by atoms with Gasteiger partial charge >= 0.3 is 0 Å². The summed E-state index contributed by atoms with van der Waals surface area (Å²) in [6.07, 6.45) is 3.64. The molecule has 1 nitrogen and oxygen atoms in total. The van der Waals surface area contributed by atoms with Gasteiger partial charge in [-0.25, -0.2) is 0 Å². The zero-order chi connectivity index (χ0) is 9.31. The zero-order valence-corrected chi connectivity index (χ0v) is 8.22. The maximum absolute atomic E-state index is 9.64. The van der Waals surface area contributed by atoms with E-state index >= 15 is 0 Å². The lowest BCUT2D eigenvalue weighted by Gasteiger charge is -2.07. The molecule has 0 atom stereocenters. The summed E-state index contributed by atoms with van der Waals surface area (Å²) in [5.41, 5.74) is 0.781. The van der Waals surface area contributed by atoms with Crippen LogP contribution < -0.4 is 0 Å². The SMILES string of the molecule is OC1(CCc2ccccc2Cl)CC1. The molecule has 0 saturated heterocycles. The molecular formula is C11H13ClO. The monoisotopic (exact) mass is 196 g/mol. The minimum absolute atomic E-state index is 0.362. The van der Waals surface area contributed by atoms with Crippen LogP contribution in [0, 0.1) is 0 Å². The van der Waals surface area contributed by atoms with Crippen molar-refractivity contribution in [2.75, 3.05) is 0 Å². The summed E-state index contributed by atoms with van der Waals surface area (Å²) in [5, 5.41) is 10.4. The van der Waals surface area contributed by atoms with Gasteiger partial charge in [-0.15, -0.1) is 0 Å². The number of benzene rings is 1. The quantitative estimate of drug-likeness (QED) is 0.789. The summed E-state index contributed by atoms with van der Waals surface area (Å²) in [7, 11) is 0. The highest BCUT2D eigenvalue weighted by Gasteiger charge is 2.39. The fraction of sp³-hybridized carbons (Fsp3) is 0.455. The topological polar surface area (TPSA) is 20.2 Å². The van der Waals surface area contributed by atoms with Gasteiger partial charge in [0.05, 0.1) is 5.60 Å². The molecule has 1 fully saturated rings. The lowest BCUT2D eigenvalue weighted by molar-refractivity contribution is 0.140. The number of hydrogen-bond acceptors (Lipinski definition) is 1. The molecule has 1 aliphatic rings.